The molecule has 0 spiro atoms. The molecule has 39 heavy (non-hydrogen) atoms. The number of carbonyl (C=O) groups is 4. The van der Waals surface area contributed by atoms with Crippen molar-refractivity contribution in [2.75, 3.05) is 19.7 Å². The molecule has 0 saturated carbocycles. The molecule has 1 unspecified atom stereocenters. The fourth-order valence-corrected chi connectivity index (χ4v) is 4.87. The van der Waals surface area contributed by atoms with E-state index in [1.165, 1.54) is 11.9 Å². The molecule has 11 heteroatoms. The molecule has 0 aliphatic carbocycles. The lowest BCUT2D eigenvalue weighted by atomic mass is 10.0. The van der Waals surface area contributed by atoms with Crippen molar-refractivity contribution in [1.29, 1.82) is 0 Å². The lowest BCUT2D eigenvalue weighted by molar-refractivity contribution is -0.192. The average Bonchev–Trinajstić information content (AvgIpc) is 3.04. The molecule has 3 rings (SSSR count). The molecule has 2 heterocycles. The molecular weight excluding hydrogens is 506 g/mol. The van der Waals surface area contributed by atoms with Gasteiger partial charge in [0.05, 0.1) is 18.8 Å². The third kappa shape index (κ3) is 8.93. The van der Waals surface area contributed by atoms with Crippen LogP contribution in [0, 0.1) is 0 Å². The quantitative estimate of drug-likeness (QED) is 0.251. The highest BCUT2D eigenvalue weighted by molar-refractivity contribution is 5.88. The van der Waals surface area contributed by atoms with Crippen LogP contribution in [-0.4, -0.2) is 84.2 Å². The Morgan fingerprint density at radius 3 is 2.36 bits per heavy atom. The van der Waals surface area contributed by atoms with Gasteiger partial charge in [0, 0.05) is 20.0 Å². The smallest absolute Gasteiger partial charge is 0.465 e. The Bertz CT molecular complexity index is 973. The van der Waals surface area contributed by atoms with Crippen molar-refractivity contribution >= 4 is 24.0 Å². The summed E-state index contributed by atoms with van der Waals surface area (Å²) in [6.07, 6.45) is 0.932. The second-order valence-electron chi connectivity index (χ2n) is 10.0. The van der Waals surface area contributed by atoms with Gasteiger partial charge < -0.3 is 18.9 Å². The average molecular weight is 548 g/mol. The summed E-state index contributed by atoms with van der Waals surface area (Å²) in [6.45, 7) is 7.98. The van der Waals surface area contributed by atoms with E-state index in [-0.39, 0.29) is 18.6 Å². The van der Waals surface area contributed by atoms with Gasteiger partial charge in [0.15, 0.2) is 0 Å². The first-order valence-corrected chi connectivity index (χ1v) is 13.8. The summed E-state index contributed by atoms with van der Waals surface area (Å²) in [4.78, 5) is 51.6. The summed E-state index contributed by atoms with van der Waals surface area (Å²) in [5.74, 6) is -1.36. The monoisotopic (exact) mass is 547 g/mol. The van der Waals surface area contributed by atoms with Crippen LogP contribution in [0.4, 0.5) is 4.79 Å². The summed E-state index contributed by atoms with van der Waals surface area (Å²) in [6, 6.07) is 7.59. The van der Waals surface area contributed by atoms with E-state index in [4.69, 9.17) is 18.9 Å². The van der Waals surface area contributed by atoms with Gasteiger partial charge in [-0.1, -0.05) is 30.3 Å². The van der Waals surface area contributed by atoms with Gasteiger partial charge in [-0.2, -0.15) is 0 Å². The van der Waals surface area contributed by atoms with E-state index in [0.29, 0.717) is 51.6 Å². The second-order valence-corrected chi connectivity index (χ2v) is 10.0. The summed E-state index contributed by atoms with van der Waals surface area (Å²) >= 11 is 0. The van der Waals surface area contributed by atoms with E-state index >= 15 is 0 Å². The fraction of sp³-hybridized carbons (Fsp3) is 0.643. The van der Waals surface area contributed by atoms with Gasteiger partial charge in [0.2, 0.25) is 6.29 Å². The normalized spacial score (nSPS) is 21.4. The number of hydrazine groups is 1. The number of rotatable bonds is 11. The summed E-state index contributed by atoms with van der Waals surface area (Å²) < 4.78 is 20.6. The predicted octanol–water partition coefficient (Wildman–Crippen LogP) is 2.96. The van der Waals surface area contributed by atoms with E-state index in [1.54, 1.807) is 20.8 Å². The zero-order chi connectivity index (χ0) is 28.4. The van der Waals surface area contributed by atoms with Crippen LogP contribution >= 0.6 is 0 Å². The Labute approximate surface area is 230 Å². The van der Waals surface area contributed by atoms with Gasteiger partial charge in [-0.05, 0) is 64.9 Å². The van der Waals surface area contributed by atoms with Crippen LogP contribution in [0.15, 0.2) is 30.3 Å². The number of aryl methyl sites for hydroxylation is 1. The number of fused-ring (bicyclic) bond motifs is 1. The van der Waals surface area contributed by atoms with E-state index in [0.717, 1.165) is 5.56 Å². The predicted molar refractivity (Wildman–Crippen MR) is 141 cm³/mol. The molecule has 216 valence electrons. The highest BCUT2D eigenvalue weighted by atomic mass is 16.8. The van der Waals surface area contributed by atoms with Crippen molar-refractivity contribution < 1.29 is 38.1 Å². The molecule has 1 aromatic rings. The number of nitrogens with zero attached hydrogens (tertiary/aromatic N) is 2. The third-order valence-corrected chi connectivity index (χ3v) is 6.61. The zero-order valence-electron chi connectivity index (χ0n) is 23.3. The first-order chi connectivity index (χ1) is 18.7. The van der Waals surface area contributed by atoms with Gasteiger partial charge in [-0.15, -0.1) is 0 Å². The largest absolute Gasteiger partial charge is 0.511 e. The molecular formula is C28H41N3O8. The number of hydrogen-bond acceptors (Lipinski definition) is 10. The highest BCUT2D eigenvalue weighted by Crippen LogP contribution is 2.25. The van der Waals surface area contributed by atoms with Crippen LogP contribution < -0.4 is 5.32 Å². The van der Waals surface area contributed by atoms with Crippen LogP contribution in [0.5, 0.6) is 0 Å². The SMILES string of the molecule is CCOC(=O)[C@H](CCc1ccccc1)N[C@H]1CCCN2CCCC(C(=O)O[C@H](C)OC(=O)OC(C)C)N2C1=O. The van der Waals surface area contributed by atoms with Crippen molar-refractivity contribution in [3.63, 3.8) is 0 Å². The number of esters is 2. The van der Waals surface area contributed by atoms with Gasteiger partial charge in [0.1, 0.15) is 12.1 Å². The molecule has 1 amide bonds. The van der Waals surface area contributed by atoms with Gasteiger partial charge >= 0.3 is 18.1 Å². The molecule has 4 atom stereocenters. The van der Waals surface area contributed by atoms with Crippen LogP contribution in [0.3, 0.4) is 0 Å². The molecule has 0 radical (unpaired) electrons. The summed E-state index contributed by atoms with van der Waals surface area (Å²) in [5.41, 5.74) is 1.08. The number of benzene rings is 1. The highest BCUT2D eigenvalue weighted by Gasteiger charge is 2.43. The molecule has 0 bridgehead atoms. The van der Waals surface area contributed by atoms with E-state index < -0.39 is 42.5 Å². The standard InChI is InChI=1S/C28H41N3O8/c1-5-36-26(33)23(16-15-21-11-7-6-8-12-21)29-22-13-9-17-30-18-10-14-24(31(30)25(22)32)27(34)38-20(4)39-28(35)37-19(2)3/h6-8,11-12,19-20,22-24,29H,5,9-10,13-18H2,1-4H3/t20-,22-,23-,24?/m0/s1. The Morgan fingerprint density at radius 1 is 1.00 bits per heavy atom. The summed E-state index contributed by atoms with van der Waals surface area (Å²) in [7, 11) is 0. The van der Waals surface area contributed by atoms with Crippen molar-refractivity contribution in [3.05, 3.63) is 35.9 Å². The Hall–Kier alpha value is -3.18. The molecule has 11 nitrogen and oxygen atoms in total. The Balaban J connectivity index is 1.70. The Kier molecular flexibility index (Phi) is 11.5. The summed E-state index contributed by atoms with van der Waals surface area (Å²) in [5, 5.41) is 6.59. The van der Waals surface area contributed by atoms with Gasteiger partial charge in [0.25, 0.3) is 5.91 Å². The van der Waals surface area contributed by atoms with Crippen molar-refractivity contribution in [1.82, 2.24) is 15.3 Å². The van der Waals surface area contributed by atoms with Crippen molar-refractivity contribution in [2.45, 2.75) is 96.7 Å². The Morgan fingerprint density at radius 2 is 1.69 bits per heavy atom. The molecule has 2 aliphatic rings. The van der Waals surface area contributed by atoms with Crippen LogP contribution in [0.1, 0.15) is 65.4 Å². The fourth-order valence-electron chi connectivity index (χ4n) is 4.87. The number of ether oxygens (including phenoxy) is 4. The molecule has 2 saturated heterocycles. The van der Waals surface area contributed by atoms with Crippen molar-refractivity contribution in [3.8, 4) is 0 Å². The second kappa shape index (κ2) is 14.8. The minimum absolute atomic E-state index is 0.236. The first-order valence-electron chi connectivity index (χ1n) is 13.8. The molecule has 2 fully saturated rings. The maximum atomic E-state index is 13.8. The maximum absolute atomic E-state index is 13.8. The van der Waals surface area contributed by atoms with Gasteiger partial charge in [-0.3, -0.25) is 19.9 Å². The van der Waals surface area contributed by atoms with E-state index in [2.05, 4.69) is 5.32 Å². The molecule has 0 aromatic heterocycles. The third-order valence-electron chi connectivity index (χ3n) is 6.61. The van der Waals surface area contributed by atoms with Crippen LogP contribution in [0.25, 0.3) is 0 Å². The lowest BCUT2D eigenvalue weighted by Gasteiger charge is -2.43. The first kappa shape index (κ1) is 30.4. The van der Waals surface area contributed by atoms with Gasteiger partial charge in [-0.25, -0.2) is 14.6 Å². The lowest BCUT2D eigenvalue weighted by Crippen LogP contribution is -2.62. The number of carbonyl (C=O) groups excluding carboxylic acids is 4. The number of hydrogen-bond donors (Lipinski definition) is 1. The zero-order valence-corrected chi connectivity index (χ0v) is 23.3. The molecule has 1 aromatic carbocycles. The maximum Gasteiger partial charge on any atom is 0.511 e. The minimum atomic E-state index is -1.18. The molecule has 2 aliphatic heterocycles. The van der Waals surface area contributed by atoms with Crippen LogP contribution in [-0.2, 0) is 39.8 Å². The van der Waals surface area contributed by atoms with Crippen LogP contribution in [0.2, 0.25) is 0 Å². The van der Waals surface area contributed by atoms with E-state index in [1.807, 2.05) is 35.3 Å². The van der Waals surface area contributed by atoms with Crippen molar-refractivity contribution in [2.24, 2.45) is 0 Å². The topological polar surface area (TPSA) is 124 Å². The number of amides is 1. The number of nitrogens with one attached hydrogen (secondary N) is 1. The minimum Gasteiger partial charge on any atom is -0.465 e. The van der Waals surface area contributed by atoms with E-state index in [9.17, 15) is 19.2 Å². The molecule has 1 N–H and O–H groups in total.